The lowest BCUT2D eigenvalue weighted by molar-refractivity contribution is 0.452. The number of thiazole rings is 1. The van der Waals surface area contributed by atoms with Crippen LogP contribution in [0.1, 0.15) is 16.0 Å². The van der Waals surface area contributed by atoms with Crippen molar-refractivity contribution in [3.05, 3.63) is 70.6 Å². The Labute approximate surface area is 146 Å². The summed E-state index contributed by atoms with van der Waals surface area (Å²) in [6, 6.07) is 18.4. The Morgan fingerprint density at radius 1 is 1.00 bits per heavy atom. The Bertz CT molecular complexity index is 769. The number of hydrogen-bond donors (Lipinski definition) is 3. The van der Waals surface area contributed by atoms with E-state index in [9.17, 15) is 5.11 Å². The molecule has 1 heterocycles. The van der Waals surface area contributed by atoms with Gasteiger partial charge in [-0.3, -0.25) is 0 Å². The molecule has 24 heavy (non-hydrogen) atoms. The van der Waals surface area contributed by atoms with Crippen LogP contribution >= 0.6 is 11.3 Å². The van der Waals surface area contributed by atoms with Crippen LogP contribution in [0.4, 0.5) is 10.8 Å². The highest BCUT2D eigenvalue weighted by Gasteiger charge is 2.09. The van der Waals surface area contributed by atoms with E-state index >= 15 is 0 Å². The van der Waals surface area contributed by atoms with E-state index in [0.29, 0.717) is 6.54 Å². The summed E-state index contributed by atoms with van der Waals surface area (Å²) in [5.74, 6) is 0.126. The van der Waals surface area contributed by atoms with Gasteiger partial charge in [0.2, 0.25) is 5.88 Å². The normalized spacial score (nSPS) is 10.5. The van der Waals surface area contributed by atoms with Gasteiger partial charge in [-0.1, -0.05) is 59.4 Å². The molecule has 0 aliphatic carbocycles. The van der Waals surface area contributed by atoms with Crippen molar-refractivity contribution in [2.24, 2.45) is 0 Å². The summed E-state index contributed by atoms with van der Waals surface area (Å²) in [7, 11) is 0. The third-order valence-corrected chi connectivity index (χ3v) is 4.76. The van der Waals surface area contributed by atoms with Gasteiger partial charge in [-0.2, -0.15) is 4.98 Å². The number of aryl methyl sites for hydroxylation is 1. The van der Waals surface area contributed by atoms with Gasteiger partial charge in [-0.25, -0.2) is 0 Å². The lowest BCUT2D eigenvalue weighted by Crippen LogP contribution is -2.03. The van der Waals surface area contributed by atoms with E-state index < -0.39 is 0 Å². The van der Waals surface area contributed by atoms with Crippen LogP contribution in [0.3, 0.4) is 0 Å². The monoisotopic (exact) mass is 339 g/mol. The molecular formula is C19H21N3OS. The summed E-state index contributed by atoms with van der Waals surface area (Å²) in [5.41, 5.74) is 3.53. The van der Waals surface area contributed by atoms with Crippen LogP contribution in [0, 0.1) is 6.92 Å². The lowest BCUT2D eigenvalue weighted by Gasteiger charge is -2.04. The Morgan fingerprint density at radius 3 is 2.50 bits per heavy atom. The van der Waals surface area contributed by atoms with Crippen LogP contribution < -0.4 is 10.6 Å². The molecule has 3 aromatic rings. The van der Waals surface area contributed by atoms with Gasteiger partial charge in [0.15, 0.2) is 5.13 Å². The molecule has 0 aliphatic heterocycles. The maximum absolute atomic E-state index is 9.99. The summed E-state index contributed by atoms with van der Waals surface area (Å²) in [6.45, 7) is 3.54. The van der Waals surface area contributed by atoms with E-state index in [0.717, 1.165) is 28.7 Å². The first-order valence-corrected chi connectivity index (χ1v) is 8.79. The number of para-hydroxylation sites is 1. The molecule has 0 unspecified atom stereocenters. The van der Waals surface area contributed by atoms with E-state index in [-0.39, 0.29) is 5.88 Å². The molecule has 0 bridgehead atoms. The van der Waals surface area contributed by atoms with Crippen molar-refractivity contribution >= 4 is 22.2 Å². The van der Waals surface area contributed by atoms with Gasteiger partial charge in [0.1, 0.15) is 0 Å². The fourth-order valence-corrected chi connectivity index (χ4v) is 3.19. The largest absolute Gasteiger partial charge is 0.492 e. The molecule has 0 fully saturated rings. The van der Waals surface area contributed by atoms with Gasteiger partial charge in [-0.15, -0.1) is 0 Å². The Kier molecular flexibility index (Phi) is 5.33. The number of nitrogens with zero attached hydrogens (tertiary/aromatic N) is 1. The molecule has 4 nitrogen and oxygen atoms in total. The highest BCUT2D eigenvalue weighted by Crippen LogP contribution is 2.28. The molecule has 3 rings (SSSR count). The summed E-state index contributed by atoms with van der Waals surface area (Å²) >= 11 is 1.50. The summed E-state index contributed by atoms with van der Waals surface area (Å²) in [4.78, 5) is 5.10. The quantitative estimate of drug-likeness (QED) is 0.596. The second kappa shape index (κ2) is 7.84. The lowest BCUT2D eigenvalue weighted by atomic mass is 10.1. The highest BCUT2D eigenvalue weighted by atomic mass is 32.1. The average Bonchev–Trinajstić information content (AvgIpc) is 2.95. The van der Waals surface area contributed by atoms with Gasteiger partial charge >= 0.3 is 0 Å². The number of aromatic hydroxyl groups is 1. The Balaban J connectivity index is 1.51. The minimum absolute atomic E-state index is 0.126. The van der Waals surface area contributed by atoms with Crippen molar-refractivity contribution in [1.82, 2.24) is 4.98 Å². The maximum atomic E-state index is 9.99. The molecule has 0 saturated carbocycles. The predicted octanol–water partition coefficient (Wildman–Crippen LogP) is 4.42. The summed E-state index contributed by atoms with van der Waals surface area (Å²) < 4.78 is 0. The molecule has 124 valence electrons. The zero-order chi connectivity index (χ0) is 16.8. The van der Waals surface area contributed by atoms with Crippen LogP contribution in [0.5, 0.6) is 5.88 Å². The molecule has 1 aromatic heterocycles. The molecule has 0 saturated heterocycles. The van der Waals surface area contributed by atoms with Crippen molar-refractivity contribution in [3.63, 3.8) is 0 Å². The molecule has 0 atom stereocenters. The van der Waals surface area contributed by atoms with Crippen molar-refractivity contribution in [2.75, 3.05) is 17.2 Å². The first kappa shape index (κ1) is 16.3. The second-order valence-corrected chi connectivity index (χ2v) is 6.73. The summed E-state index contributed by atoms with van der Waals surface area (Å²) in [5, 5.41) is 17.4. The van der Waals surface area contributed by atoms with Crippen molar-refractivity contribution in [1.29, 1.82) is 0 Å². The molecule has 3 N–H and O–H groups in total. The van der Waals surface area contributed by atoms with Crippen LogP contribution in [0.25, 0.3) is 0 Å². The van der Waals surface area contributed by atoms with Crippen LogP contribution in [-0.4, -0.2) is 16.6 Å². The number of hydrogen-bond acceptors (Lipinski definition) is 5. The third kappa shape index (κ3) is 4.49. The molecular weight excluding hydrogens is 318 g/mol. The molecule has 0 radical (unpaired) electrons. The standard InChI is InChI=1S/C19H21N3OS/c1-14-7-9-15(10-8-14)13-21-19-22-18(23)17(24-19)11-12-20-16-5-3-2-4-6-16/h2-10,20,23H,11-13H2,1H3,(H,21,22). The van der Waals surface area contributed by atoms with Crippen LogP contribution in [0.2, 0.25) is 0 Å². The van der Waals surface area contributed by atoms with Gasteiger partial charge in [0, 0.05) is 25.2 Å². The number of anilines is 2. The van der Waals surface area contributed by atoms with E-state index in [1.807, 2.05) is 30.3 Å². The molecule has 0 spiro atoms. The Hall–Kier alpha value is -2.53. The summed E-state index contributed by atoms with van der Waals surface area (Å²) in [6.07, 6.45) is 0.741. The van der Waals surface area contributed by atoms with Crippen molar-refractivity contribution < 1.29 is 5.11 Å². The van der Waals surface area contributed by atoms with Gasteiger partial charge in [-0.05, 0) is 24.6 Å². The number of benzene rings is 2. The SMILES string of the molecule is Cc1ccc(CNc2nc(O)c(CCNc3ccccc3)s2)cc1. The van der Waals surface area contributed by atoms with Crippen molar-refractivity contribution in [2.45, 2.75) is 19.9 Å². The average molecular weight is 339 g/mol. The molecule has 0 aliphatic rings. The van der Waals surface area contributed by atoms with E-state index in [1.54, 1.807) is 0 Å². The number of aromatic nitrogens is 1. The maximum Gasteiger partial charge on any atom is 0.227 e. The zero-order valence-corrected chi connectivity index (χ0v) is 14.4. The number of rotatable bonds is 7. The first-order chi connectivity index (χ1) is 11.7. The topological polar surface area (TPSA) is 57.2 Å². The van der Waals surface area contributed by atoms with Gasteiger partial charge < -0.3 is 15.7 Å². The van der Waals surface area contributed by atoms with Gasteiger partial charge in [0.25, 0.3) is 0 Å². The smallest absolute Gasteiger partial charge is 0.227 e. The number of nitrogens with one attached hydrogen (secondary N) is 2. The molecule has 5 heteroatoms. The third-order valence-electron chi connectivity index (χ3n) is 3.70. The van der Waals surface area contributed by atoms with Crippen molar-refractivity contribution in [3.8, 4) is 5.88 Å². The molecule has 2 aromatic carbocycles. The fourth-order valence-electron chi connectivity index (χ4n) is 2.34. The fraction of sp³-hybridized carbons (Fsp3) is 0.211. The minimum Gasteiger partial charge on any atom is -0.492 e. The van der Waals surface area contributed by atoms with E-state index in [4.69, 9.17) is 0 Å². The first-order valence-electron chi connectivity index (χ1n) is 7.98. The van der Waals surface area contributed by atoms with Crippen LogP contribution in [0.15, 0.2) is 54.6 Å². The zero-order valence-electron chi connectivity index (χ0n) is 13.6. The highest BCUT2D eigenvalue weighted by molar-refractivity contribution is 7.15. The van der Waals surface area contributed by atoms with E-state index in [1.165, 1.54) is 22.5 Å². The second-order valence-electron chi connectivity index (χ2n) is 5.65. The van der Waals surface area contributed by atoms with E-state index in [2.05, 4.69) is 46.8 Å². The molecule has 0 amide bonds. The van der Waals surface area contributed by atoms with Gasteiger partial charge in [0.05, 0.1) is 4.88 Å². The minimum atomic E-state index is 0.126. The predicted molar refractivity (Wildman–Crippen MR) is 101 cm³/mol. The Morgan fingerprint density at radius 2 is 1.75 bits per heavy atom. The van der Waals surface area contributed by atoms with Crippen LogP contribution in [-0.2, 0) is 13.0 Å².